The van der Waals surface area contributed by atoms with Gasteiger partial charge in [-0.1, -0.05) is 0 Å². The van der Waals surface area contributed by atoms with Crippen molar-refractivity contribution in [3.63, 3.8) is 0 Å². The number of aromatic nitrogens is 1. The molecule has 0 fully saturated rings. The molecule has 1 aromatic heterocycles. The maximum atomic E-state index is 13.8. The number of ether oxygens (including phenoxy) is 1. The second-order valence-corrected chi connectivity index (χ2v) is 9.72. The molecule has 2 N–H and O–H groups in total. The van der Waals surface area contributed by atoms with Crippen molar-refractivity contribution in [2.24, 2.45) is 0 Å². The van der Waals surface area contributed by atoms with E-state index >= 15 is 0 Å². The van der Waals surface area contributed by atoms with Crippen molar-refractivity contribution in [1.29, 1.82) is 0 Å². The summed E-state index contributed by atoms with van der Waals surface area (Å²) in [6.45, 7) is 4.88. The van der Waals surface area contributed by atoms with Gasteiger partial charge in [-0.2, -0.15) is 0 Å². The minimum atomic E-state index is -3.59. The number of nitrogens with one attached hydrogen (secondary N) is 2. The first-order valence-electron chi connectivity index (χ1n) is 10.5. The molecule has 8 nitrogen and oxygen atoms in total. The maximum absolute atomic E-state index is 13.8. The molecule has 0 aliphatic carbocycles. The lowest BCUT2D eigenvalue weighted by atomic mass is 10.1. The topological polar surface area (TPSA) is 106 Å². The number of aryl methyl sites for hydroxylation is 2. The van der Waals surface area contributed by atoms with Gasteiger partial charge in [-0.3, -0.25) is 14.3 Å². The molecule has 3 aromatic rings. The first kappa shape index (κ1) is 25.5. The Balaban J connectivity index is 2.28. The molecule has 3 rings (SSSR count). The van der Waals surface area contributed by atoms with Gasteiger partial charge in [-0.05, 0) is 68.2 Å². The van der Waals surface area contributed by atoms with Crippen LogP contribution in [0.3, 0.4) is 0 Å². The summed E-state index contributed by atoms with van der Waals surface area (Å²) >= 11 is 0. The molecule has 0 radical (unpaired) electrons. The fourth-order valence-corrected chi connectivity index (χ4v) is 4.05. The summed E-state index contributed by atoms with van der Waals surface area (Å²) in [6, 6.07) is 7.19. The van der Waals surface area contributed by atoms with Crippen LogP contribution in [0.25, 0.3) is 5.69 Å². The van der Waals surface area contributed by atoms with Crippen molar-refractivity contribution >= 4 is 27.2 Å². The minimum absolute atomic E-state index is 0.0886. The van der Waals surface area contributed by atoms with Crippen molar-refractivity contribution < 1.29 is 22.3 Å². The molecule has 0 aliphatic rings. The molecule has 0 aliphatic heterocycles. The number of sulfonamides is 1. The number of carbonyl (C=O) groups excluding carboxylic acids is 1. The number of nitrogens with zero attached hydrogens (tertiary/aromatic N) is 1. The molecule has 35 heavy (non-hydrogen) atoms. The zero-order chi connectivity index (χ0) is 25.9. The Kier molecular flexibility index (Phi) is 7.31. The van der Waals surface area contributed by atoms with Crippen molar-refractivity contribution in [3.05, 3.63) is 75.5 Å². The van der Waals surface area contributed by atoms with Gasteiger partial charge in [-0.25, -0.2) is 12.8 Å². The lowest BCUT2D eigenvalue weighted by molar-refractivity contribution is 0.105. The molecule has 2 aromatic carbocycles. The van der Waals surface area contributed by atoms with Gasteiger partial charge >= 0.3 is 0 Å². The van der Waals surface area contributed by atoms with Gasteiger partial charge in [0.15, 0.2) is 5.75 Å². The second-order valence-electron chi connectivity index (χ2n) is 7.70. The summed E-state index contributed by atoms with van der Waals surface area (Å²) in [4.78, 5) is 24.9. The van der Waals surface area contributed by atoms with E-state index in [1.54, 1.807) is 13.8 Å². The average Bonchev–Trinajstić information content (AvgIpc) is 2.81. The number of Topliss-reactive ketones (excluding diaryl/α,β-unsaturated/α-hetero) is 1. The molecule has 0 unspecified atom stereocenters. The number of ketones is 1. The zero-order valence-electron chi connectivity index (χ0n) is 19.6. The number of rotatable bonds is 8. The SMILES string of the molecule is C#CC(=O)c1cn(-c2cc(NS(=O)(=O)CC)ccc2Oc2c(C)cc(F)cc2C)cc(NC)c1=O. The highest BCUT2D eigenvalue weighted by Gasteiger charge is 2.18. The van der Waals surface area contributed by atoms with Crippen molar-refractivity contribution in [1.82, 2.24) is 4.57 Å². The van der Waals surface area contributed by atoms with Crippen LogP contribution in [0.2, 0.25) is 0 Å². The highest BCUT2D eigenvalue weighted by atomic mass is 32.2. The van der Waals surface area contributed by atoms with Crippen LogP contribution in [0.4, 0.5) is 15.8 Å². The van der Waals surface area contributed by atoms with Gasteiger partial charge in [-0.15, -0.1) is 6.42 Å². The van der Waals surface area contributed by atoms with Gasteiger partial charge in [0.2, 0.25) is 21.2 Å². The van der Waals surface area contributed by atoms with Gasteiger partial charge in [0.25, 0.3) is 0 Å². The summed E-state index contributed by atoms with van der Waals surface area (Å²) in [5.74, 6) is 1.24. The number of hydrogen-bond acceptors (Lipinski definition) is 6. The lowest BCUT2D eigenvalue weighted by Gasteiger charge is -2.19. The minimum Gasteiger partial charge on any atom is -0.455 e. The quantitative estimate of drug-likeness (QED) is 0.277. The maximum Gasteiger partial charge on any atom is 0.241 e. The van der Waals surface area contributed by atoms with Crippen LogP contribution in [-0.2, 0) is 10.0 Å². The number of anilines is 2. The van der Waals surface area contributed by atoms with E-state index < -0.39 is 27.1 Å². The molecule has 0 bridgehead atoms. The van der Waals surface area contributed by atoms with Gasteiger partial charge in [0.05, 0.1) is 28.4 Å². The van der Waals surface area contributed by atoms with Crippen LogP contribution in [0.1, 0.15) is 28.4 Å². The van der Waals surface area contributed by atoms with E-state index in [9.17, 15) is 22.4 Å². The molecule has 0 saturated carbocycles. The smallest absolute Gasteiger partial charge is 0.241 e. The molecular weight excluding hydrogens is 473 g/mol. The number of halogens is 1. The van der Waals surface area contributed by atoms with Crippen molar-refractivity contribution in [3.8, 4) is 29.5 Å². The van der Waals surface area contributed by atoms with E-state index in [1.165, 1.54) is 61.3 Å². The zero-order valence-corrected chi connectivity index (χ0v) is 20.4. The highest BCUT2D eigenvalue weighted by molar-refractivity contribution is 7.92. The Hall–Kier alpha value is -4.10. The normalized spacial score (nSPS) is 11.0. The molecule has 0 spiro atoms. The molecule has 0 atom stereocenters. The Morgan fingerprint density at radius 3 is 2.40 bits per heavy atom. The predicted molar refractivity (Wildman–Crippen MR) is 134 cm³/mol. The fourth-order valence-electron chi connectivity index (χ4n) is 3.42. The first-order chi connectivity index (χ1) is 16.5. The van der Waals surface area contributed by atoms with Crippen LogP contribution >= 0.6 is 0 Å². The van der Waals surface area contributed by atoms with Gasteiger partial charge < -0.3 is 14.6 Å². The molecule has 1 heterocycles. The summed E-state index contributed by atoms with van der Waals surface area (Å²) in [7, 11) is -2.08. The van der Waals surface area contributed by atoms with Crippen LogP contribution in [-0.4, -0.2) is 31.6 Å². The molecule has 0 saturated heterocycles. The monoisotopic (exact) mass is 497 g/mol. The second kappa shape index (κ2) is 10.0. The standard InChI is InChI=1S/C25H24FN3O5S/c1-6-22(30)19-13-29(14-20(27-5)24(19)31)21-12-18(28-35(32,33)7-2)8-9-23(21)34-25-15(3)10-17(26)11-16(25)4/h1,8-14,27-28H,7H2,2-5H3. The van der Waals surface area contributed by atoms with Crippen LogP contribution in [0.15, 0.2) is 47.5 Å². The Bertz CT molecular complexity index is 1500. The number of carbonyl (C=O) groups is 1. The highest BCUT2D eigenvalue weighted by Crippen LogP contribution is 2.35. The fraction of sp³-hybridized carbons (Fsp3) is 0.200. The van der Waals surface area contributed by atoms with Crippen LogP contribution in [0, 0.1) is 32.0 Å². The summed E-state index contributed by atoms with van der Waals surface area (Å²) in [6.07, 6.45) is 7.93. The van der Waals surface area contributed by atoms with E-state index in [1.807, 2.05) is 5.92 Å². The number of benzene rings is 2. The van der Waals surface area contributed by atoms with Gasteiger partial charge in [0, 0.05) is 19.4 Å². The Morgan fingerprint density at radius 2 is 1.83 bits per heavy atom. The third-order valence-electron chi connectivity index (χ3n) is 5.20. The summed E-state index contributed by atoms with van der Waals surface area (Å²) < 4.78 is 48.1. The van der Waals surface area contributed by atoms with Gasteiger partial charge in [0.1, 0.15) is 11.6 Å². The number of hydrogen-bond donors (Lipinski definition) is 2. The van der Waals surface area contributed by atoms with E-state index in [4.69, 9.17) is 11.2 Å². The largest absolute Gasteiger partial charge is 0.455 e. The third kappa shape index (κ3) is 5.53. The van der Waals surface area contributed by atoms with Crippen molar-refractivity contribution in [2.75, 3.05) is 22.8 Å². The van der Waals surface area contributed by atoms with Crippen LogP contribution < -0.4 is 20.2 Å². The van der Waals surface area contributed by atoms with Crippen molar-refractivity contribution in [2.45, 2.75) is 20.8 Å². The molecule has 10 heteroatoms. The number of pyridine rings is 1. The summed E-state index contributed by atoms with van der Waals surface area (Å²) in [5.41, 5.74) is 0.877. The summed E-state index contributed by atoms with van der Waals surface area (Å²) in [5, 5.41) is 2.73. The third-order valence-corrected chi connectivity index (χ3v) is 6.51. The predicted octanol–water partition coefficient (Wildman–Crippen LogP) is 4.00. The lowest BCUT2D eigenvalue weighted by Crippen LogP contribution is -2.20. The van der Waals surface area contributed by atoms with E-state index in [0.29, 0.717) is 22.6 Å². The van der Waals surface area contributed by atoms with E-state index in [2.05, 4.69) is 10.0 Å². The molecule has 0 amide bonds. The van der Waals surface area contributed by atoms with E-state index in [0.717, 1.165) is 0 Å². The average molecular weight is 498 g/mol. The van der Waals surface area contributed by atoms with E-state index in [-0.39, 0.29) is 28.4 Å². The first-order valence-corrected chi connectivity index (χ1v) is 12.2. The number of terminal acetylenes is 1. The Morgan fingerprint density at radius 1 is 1.17 bits per heavy atom. The Labute approximate surface area is 202 Å². The molecular formula is C25H24FN3O5S. The molecule has 182 valence electrons. The van der Waals surface area contributed by atoms with Crippen LogP contribution in [0.5, 0.6) is 11.5 Å².